The monoisotopic (exact) mass is 402 g/mol. The van der Waals surface area contributed by atoms with Crippen LogP contribution < -0.4 is 29.7 Å². The van der Waals surface area contributed by atoms with Gasteiger partial charge in [0.15, 0.2) is 24.6 Å². The Hall–Kier alpha value is -3.26. The van der Waals surface area contributed by atoms with Crippen LogP contribution in [0.25, 0.3) is 0 Å². The van der Waals surface area contributed by atoms with E-state index in [4.69, 9.17) is 14.2 Å². The summed E-state index contributed by atoms with van der Waals surface area (Å²) in [4.78, 5) is 25.1. The molecular weight excluding hydrogens is 374 g/mol. The number of quaternary nitrogens is 1. The molecule has 2 amide bonds. The Morgan fingerprint density at radius 2 is 1.52 bits per heavy atom. The van der Waals surface area contributed by atoms with Gasteiger partial charge in [-0.1, -0.05) is 6.07 Å². The van der Waals surface area contributed by atoms with Crippen molar-refractivity contribution in [3.63, 3.8) is 0 Å². The van der Waals surface area contributed by atoms with Crippen molar-refractivity contribution < 1.29 is 28.7 Å². The zero-order chi connectivity index (χ0) is 21.2. The zero-order valence-corrected chi connectivity index (χ0v) is 17.2. The standard InChI is InChI=1S/C21H27N3O5/c1-24(14-21(26)23-16-6-8-17(27-2)9-7-16)13-20(25)22-12-15-5-10-18(28-3)19(11-15)29-4/h5-11H,12-14H2,1-4H3,(H,22,25)(H,23,26)/p+1. The van der Waals surface area contributed by atoms with E-state index < -0.39 is 0 Å². The number of rotatable bonds is 10. The van der Waals surface area contributed by atoms with Crippen molar-refractivity contribution in [2.45, 2.75) is 6.54 Å². The Kier molecular flexibility index (Phi) is 8.29. The normalized spacial score (nSPS) is 11.3. The lowest BCUT2D eigenvalue weighted by Crippen LogP contribution is -3.11. The van der Waals surface area contributed by atoms with Crippen molar-refractivity contribution in [1.82, 2.24) is 5.32 Å². The van der Waals surface area contributed by atoms with Crippen molar-refractivity contribution in [1.29, 1.82) is 0 Å². The van der Waals surface area contributed by atoms with Gasteiger partial charge in [-0.2, -0.15) is 0 Å². The van der Waals surface area contributed by atoms with Gasteiger partial charge in [0, 0.05) is 12.2 Å². The first kappa shape index (κ1) is 22.0. The highest BCUT2D eigenvalue weighted by atomic mass is 16.5. The number of carbonyl (C=O) groups excluding carboxylic acids is 2. The molecule has 0 fully saturated rings. The predicted molar refractivity (Wildman–Crippen MR) is 110 cm³/mol. The number of amides is 2. The van der Waals surface area contributed by atoms with E-state index in [1.807, 2.05) is 12.1 Å². The molecule has 0 saturated carbocycles. The average molecular weight is 402 g/mol. The van der Waals surface area contributed by atoms with Gasteiger partial charge >= 0.3 is 0 Å². The number of benzene rings is 2. The number of carbonyl (C=O) groups is 2. The van der Waals surface area contributed by atoms with Gasteiger partial charge in [0.25, 0.3) is 11.8 Å². The van der Waals surface area contributed by atoms with Gasteiger partial charge in [0.1, 0.15) is 5.75 Å². The summed E-state index contributed by atoms with van der Waals surface area (Å²) in [7, 11) is 6.52. The summed E-state index contributed by atoms with van der Waals surface area (Å²) in [6.45, 7) is 0.726. The molecule has 0 aliphatic carbocycles. The van der Waals surface area contributed by atoms with E-state index in [2.05, 4.69) is 10.6 Å². The predicted octanol–water partition coefficient (Wildman–Crippen LogP) is 0.482. The highest BCUT2D eigenvalue weighted by molar-refractivity contribution is 5.91. The molecule has 156 valence electrons. The molecule has 1 atom stereocenters. The lowest BCUT2D eigenvalue weighted by atomic mass is 10.2. The molecule has 0 radical (unpaired) electrons. The summed E-state index contributed by atoms with van der Waals surface area (Å²) in [5.74, 6) is 1.65. The van der Waals surface area contributed by atoms with Crippen LogP contribution in [0.2, 0.25) is 0 Å². The van der Waals surface area contributed by atoms with Crippen LogP contribution in [0, 0.1) is 0 Å². The van der Waals surface area contributed by atoms with Gasteiger partial charge in [-0.3, -0.25) is 9.59 Å². The third-order valence-electron chi connectivity index (χ3n) is 4.24. The molecule has 0 heterocycles. The molecule has 8 heteroatoms. The molecule has 29 heavy (non-hydrogen) atoms. The summed E-state index contributed by atoms with van der Waals surface area (Å²) in [5, 5.41) is 5.66. The summed E-state index contributed by atoms with van der Waals surface area (Å²) >= 11 is 0. The molecule has 1 unspecified atom stereocenters. The van der Waals surface area contributed by atoms with E-state index in [0.717, 1.165) is 16.2 Å². The Balaban J connectivity index is 1.77. The fourth-order valence-electron chi connectivity index (χ4n) is 2.74. The minimum atomic E-state index is -0.166. The number of likely N-dealkylation sites (N-methyl/N-ethyl adjacent to an activating group) is 1. The van der Waals surface area contributed by atoms with E-state index in [-0.39, 0.29) is 24.9 Å². The second-order valence-electron chi connectivity index (χ2n) is 6.55. The number of nitrogens with one attached hydrogen (secondary N) is 3. The fourth-order valence-corrected chi connectivity index (χ4v) is 2.74. The third-order valence-corrected chi connectivity index (χ3v) is 4.24. The topological polar surface area (TPSA) is 90.3 Å². The first-order valence-corrected chi connectivity index (χ1v) is 9.18. The lowest BCUT2D eigenvalue weighted by molar-refractivity contribution is -0.862. The maximum Gasteiger partial charge on any atom is 0.279 e. The maximum absolute atomic E-state index is 12.2. The van der Waals surface area contributed by atoms with Gasteiger partial charge in [0.05, 0.1) is 28.4 Å². The molecule has 0 spiro atoms. The summed E-state index contributed by atoms with van der Waals surface area (Å²) in [6, 6.07) is 12.5. The first-order valence-electron chi connectivity index (χ1n) is 9.18. The minimum Gasteiger partial charge on any atom is -0.497 e. The Morgan fingerprint density at radius 1 is 0.862 bits per heavy atom. The Bertz CT molecular complexity index is 824. The summed E-state index contributed by atoms with van der Waals surface area (Å²) in [5.41, 5.74) is 1.58. The SMILES string of the molecule is COc1ccc(NC(=O)C[NH+](C)CC(=O)NCc2ccc(OC)c(OC)c2)cc1. The number of anilines is 1. The molecule has 0 aromatic heterocycles. The van der Waals surface area contributed by atoms with E-state index in [9.17, 15) is 9.59 Å². The van der Waals surface area contributed by atoms with Crippen LogP contribution in [0.15, 0.2) is 42.5 Å². The first-order chi connectivity index (χ1) is 13.9. The van der Waals surface area contributed by atoms with Gasteiger partial charge in [-0.05, 0) is 42.0 Å². The molecule has 0 aliphatic heterocycles. The third kappa shape index (κ3) is 7.00. The summed E-state index contributed by atoms with van der Waals surface area (Å²) < 4.78 is 15.5. The molecule has 3 N–H and O–H groups in total. The van der Waals surface area contributed by atoms with Crippen LogP contribution in [0.4, 0.5) is 5.69 Å². The second-order valence-corrected chi connectivity index (χ2v) is 6.55. The molecule has 2 aromatic carbocycles. The number of hydrogen-bond donors (Lipinski definition) is 3. The summed E-state index contributed by atoms with van der Waals surface area (Å²) in [6.07, 6.45) is 0. The highest BCUT2D eigenvalue weighted by Gasteiger charge is 2.14. The van der Waals surface area contributed by atoms with Crippen LogP contribution in [-0.4, -0.2) is 53.3 Å². The second kappa shape index (κ2) is 10.9. The van der Waals surface area contributed by atoms with Gasteiger partial charge in [0.2, 0.25) is 0 Å². The molecule has 0 aliphatic rings. The Labute approximate surface area is 170 Å². The molecule has 2 aromatic rings. The largest absolute Gasteiger partial charge is 0.497 e. The number of ether oxygens (including phenoxy) is 3. The van der Waals surface area contributed by atoms with E-state index in [1.165, 1.54) is 0 Å². The van der Waals surface area contributed by atoms with Crippen molar-refractivity contribution in [2.75, 3.05) is 46.8 Å². The lowest BCUT2D eigenvalue weighted by Gasteiger charge is -2.14. The molecule has 2 rings (SSSR count). The van der Waals surface area contributed by atoms with Crippen molar-refractivity contribution >= 4 is 17.5 Å². The van der Waals surface area contributed by atoms with Gasteiger partial charge in [-0.15, -0.1) is 0 Å². The average Bonchev–Trinajstić information content (AvgIpc) is 2.72. The van der Waals surface area contributed by atoms with Crippen molar-refractivity contribution in [3.8, 4) is 17.2 Å². The van der Waals surface area contributed by atoms with Gasteiger partial charge in [-0.25, -0.2) is 0 Å². The fraction of sp³-hybridized carbons (Fsp3) is 0.333. The number of methoxy groups -OCH3 is 3. The van der Waals surface area contributed by atoms with Crippen LogP contribution in [0.5, 0.6) is 17.2 Å². The van der Waals surface area contributed by atoms with Crippen LogP contribution in [0.3, 0.4) is 0 Å². The quantitative estimate of drug-likeness (QED) is 0.538. The van der Waals surface area contributed by atoms with Crippen LogP contribution >= 0.6 is 0 Å². The molecular formula is C21H28N3O5+. The number of hydrogen-bond acceptors (Lipinski definition) is 5. The van der Waals surface area contributed by atoms with Crippen molar-refractivity contribution in [2.24, 2.45) is 0 Å². The smallest absolute Gasteiger partial charge is 0.279 e. The maximum atomic E-state index is 12.2. The highest BCUT2D eigenvalue weighted by Crippen LogP contribution is 2.27. The van der Waals surface area contributed by atoms with Crippen LogP contribution in [0.1, 0.15) is 5.56 Å². The Morgan fingerprint density at radius 3 is 2.14 bits per heavy atom. The zero-order valence-electron chi connectivity index (χ0n) is 17.2. The van der Waals surface area contributed by atoms with E-state index in [1.54, 1.807) is 58.7 Å². The van der Waals surface area contributed by atoms with Crippen molar-refractivity contribution in [3.05, 3.63) is 48.0 Å². The minimum absolute atomic E-state index is 0.144. The molecule has 0 saturated heterocycles. The molecule has 8 nitrogen and oxygen atoms in total. The van der Waals surface area contributed by atoms with E-state index in [0.29, 0.717) is 23.7 Å². The van der Waals surface area contributed by atoms with Crippen LogP contribution in [-0.2, 0) is 16.1 Å². The van der Waals surface area contributed by atoms with Gasteiger partial charge < -0.3 is 29.7 Å². The molecule has 0 bridgehead atoms. The van der Waals surface area contributed by atoms with E-state index >= 15 is 0 Å².